The highest BCUT2D eigenvalue weighted by atomic mass is 79.9. The van der Waals surface area contributed by atoms with Crippen LogP contribution >= 0.6 is 15.9 Å². The molecule has 1 aromatic rings. The van der Waals surface area contributed by atoms with Gasteiger partial charge in [0.25, 0.3) is 0 Å². The zero-order chi connectivity index (χ0) is 11.4. The third-order valence-electron chi connectivity index (χ3n) is 2.10. The van der Waals surface area contributed by atoms with Gasteiger partial charge in [-0.1, -0.05) is 28.9 Å². The van der Waals surface area contributed by atoms with E-state index >= 15 is 0 Å². The molecular formula is C11H13BrFNO. The molecule has 1 unspecified atom stereocenters. The van der Waals surface area contributed by atoms with E-state index in [1.165, 1.54) is 12.1 Å². The molecule has 0 aliphatic carbocycles. The van der Waals surface area contributed by atoms with Gasteiger partial charge in [-0.2, -0.15) is 0 Å². The van der Waals surface area contributed by atoms with Gasteiger partial charge in [-0.25, -0.2) is 4.39 Å². The van der Waals surface area contributed by atoms with Gasteiger partial charge >= 0.3 is 0 Å². The SMILES string of the molecule is CCC(Br)C(=O)Nc1cc(F)ccc1C. The molecule has 0 radical (unpaired) electrons. The van der Waals surface area contributed by atoms with E-state index in [1.54, 1.807) is 6.07 Å². The van der Waals surface area contributed by atoms with Crippen molar-refractivity contribution in [3.05, 3.63) is 29.6 Å². The summed E-state index contributed by atoms with van der Waals surface area (Å²) >= 11 is 3.24. The Kier molecular flexibility index (Phi) is 4.27. The second kappa shape index (κ2) is 5.26. The summed E-state index contributed by atoms with van der Waals surface area (Å²) in [6.07, 6.45) is 0.695. The molecule has 0 fully saturated rings. The van der Waals surface area contributed by atoms with Gasteiger partial charge in [0.15, 0.2) is 0 Å². The first-order valence-corrected chi connectivity index (χ1v) is 5.67. The number of rotatable bonds is 3. The van der Waals surface area contributed by atoms with Gasteiger partial charge in [0.05, 0.1) is 4.83 Å². The molecule has 0 aliphatic heterocycles. The Morgan fingerprint density at radius 3 is 2.87 bits per heavy atom. The van der Waals surface area contributed by atoms with Crippen LogP contribution in [0.1, 0.15) is 18.9 Å². The number of alkyl halides is 1. The Balaban J connectivity index is 2.80. The average Bonchev–Trinajstić information content (AvgIpc) is 2.22. The maximum atomic E-state index is 12.9. The maximum absolute atomic E-state index is 12.9. The Hall–Kier alpha value is -0.900. The lowest BCUT2D eigenvalue weighted by Gasteiger charge is -2.10. The first-order valence-electron chi connectivity index (χ1n) is 4.75. The number of hydrogen-bond acceptors (Lipinski definition) is 1. The van der Waals surface area contributed by atoms with Crippen molar-refractivity contribution in [1.29, 1.82) is 0 Å². The third kappa shape index (κ3) is 3.30. The molecule has 1 aromatic carbocycles. The van der Waals surface area contributed by atoms with Crippen molar-refractivity contribution in [3.8, 4) is 0 Å². The van der Waals surface area contributed by atoms with Crippen LogP contribution in [0, 0.1) is 12.7 Å². The van der Waals surface area contributed by atoms with Crippen molar-refractivity contribution < 1.29 is 9.18 Å². The zero-order valence-corrected chi connectivity index (χ0v) is 10.3. The Labute approximate surface area is 97.0 Å². The molecule has 1 atom stereocenters. The highest BCUT2D eigenvalue weighted by molar-refractivity contribution is 9.10. The molecule has 0 saturated carbocycles. The second-order valence-corrected chi connectivity index (χ2v) is 4.43. The number of carbonyl (C=O) groups is 1. The largest absolute Gasteiger partial charge is 0.325 e. The first-order chi connectivity index (χ1) is 7.04. The standard InChI is InChI=1S/C11H13BrFNO/c1-3-9(12)11(15)14-10-6-8(13)5-4-7(10)2/h4-6,9H,3H2,1-2H3,(H,14,15). The molecular weight excluding hydrogens is 261 g/mol. The van der Waals surface area contributed by atoms with Crippen molar-refractivity contribution in [2.45, 2.75) is 25.1 Å². The number of aryl methyl sites for hydroxylation is 1. The van der Waals surface area contributed by atoms with Crippen LogP contribution in [0.3, 0.4) is 0 Å². The van der Waals surface area contributed by atoms with Crippen molar-refractivity contribution in [3.63, 3.8) is 0 Å². The van der Waals surface area contributed by atoms with Gasteiger partial charge in [-0.3, -0.25) is 4.79 Å². The van der Waals surface area contributed by atoms with Crippen LogP contribution in [0.2, 0.25) is 0 Å². The van der Waals surface area contributed by atoms with E-state index in [0.717, 1.165) is 5.56 Å². The minimum atomic E-state index is -0.349. The first kappa shape index (κ1) is 12.2. The summed E-state index contributed by atoms with van der Waals surface area (Å²) in [5.74, 6) is -0.496. The fourth-order valence-corrected chi connectivity index (χ4v) is 1.24. The fourth-order valence-electron chi connectivity index (χ4n) is 1.13. The average molecular weight is 274 g/mol. The summed E-state index contributed by atoms with van der Waals surface area (Å²) in [6, 6.07) is 4.33. The van der Waals surface area contributed by atoms with E-state index in [-0.39, 0.29) is 16.6 Å². The minimum absolute atomic E-state index is 0.147. The Morgan fingerprint density at radius 1 is 1.60 bits per heavy atom. The van der Waals surface area contributed by atoms with Gasteiger partial charge in [0.1, 0.15) is 5.82 Å². The van der Waals surface area contributed by atoms with Crippen LogP contribution < -0.4 is 5.32 Å². The molecule has 0 heterocycles. The minimum Gasteiger partial charge on any atom is -0.325 e. The molecule has 0 bridgehead atoms. The maximum Gasteiger partial charge on any atom is 0.238 e. The van der Waals surface area contributed by atoms with Crippen LogP contribution in [0.4, 0.5) is 10.1 Å². The monoisotopic (exact) mass is 273 g/mol. The number of amides is 1. The summed E-state index contributed by atoms with van der Waals surface area (Å²) in [7, 11) is 0. The number of halogens is 2. The molecule has 2 nitrogen and oxygen atoms in total. The predicted octanol–water partition coefficient (Wildman–Crippen LogP) is 3.25. The molecule has 1 amide bonds. The van der Waals surface area contributed by atoms with Gasteiger partial charge in [0.2, 0.25) is 5.91 Å². The summed E-state index contributed by atoms with van der Waals surface area (Å²) in [4.78, 5) is 11.3. The highest BCUT2D eigenvalue weighted by Gasteiger charge is 2.13. The van der Waals surface area contributed by atoms with Crippen molar-refractivity contribution in [1.82, 2.24) is 0 Å². The van der Waals surface area contributed by atoms with Crippen LogP contribution in [0.5, 0.6) is 0 Å². The summed E-state index contributed by atoms with van der Waals surface area (Å²) in [6.45, 7) is 3.72. The van der Waals surface area contributed by atoms with Gasteiger partial charge in [-0.05, 0) is 31.0 Å². The van der Waals surface area contributed by atoms with Crippen LogP contribution in [-0.4, -0.2) is 10.7 Å². The normalized spacial score (nSPS) is 12.3. The number of anilines is 1. The van der Waals surface area contributed by atoms with E-state index in [9.17, 15) is 9.18 Å². The molecule has 82 valence electrons. The van der Waals surface area contributed by atoms with E-state index in [2.05, 4.69) is 21.2 Å². The van der Waals surface area contributed by atoms with Gasteiger partial charge < -0.3 is 5.32 Å². The molecule has 0 saturated heterocycles. The highest BCUT2D eigenvalue weighted by Crippen LogP contribution is 2.17. The van der Waals surface area contributed by atoms with Crippen LogP contribution in [0.15, 0.2) is 18.2 Å². The Morgan fingerprint density at radius 2 is 2.27 bits per heavy atom. The smallest absolute Gasteiger partial charge is 0.238 e. The van der Waals surface area contributed by atoms with E-state index in [1.807, 2.05) is 13.8 Å². The summed E-state index contributed by atoms with van der Waals surface area (Å²) in [5, 5.41) is 2.68. The quantitative estimate of drug-likeness (QED) is 0.842. The van der Waals surface area contributed by atoms with Crippen LogP contribution in [-0.2, 0) is 4.79 Å². The zero-order valence-electron chi connectivity index (χ0n) is 8.68. The van der Waals surface area contributed by atoms with Crippen molar-refractivity contribution in [2.24, 2.45) is 0 Å². The molecule has 15 heavy (non-hydrogen) atoms. The predicted molar refractivity (Wildman–Crippen MR) is 62.8 cm³/mol. The lowest BCUT2D eigenvalue weighted by Crippen LogP contribution is -2.22. The molecule has 0 spiro atoms. The summed E-state index contributed by atoms with van der Waals surface area (Å²) in [5.41, 5.74) is 1.37. The second-order valence-electron chi connectivity index (χ2n) is 3.32. The van der Waals surface area contributed by atoms with Gasteiger partial charge in [-0.15, -0.1) is 0 Å². The topological polar surface area (TPSA) is 29.1 Å². The number of hydrogen-bond donors (Lipinski definition) is 1. The van der Waals surface area contributed by atoms with Gasteiger partial charge in [0, 0.05) is 5.69 Å². The number of nitrogens with one attached hydrogen (secondary N) is 1. The molecule has 4 heteroatoms. The molecule has 1 rings (SSSR count). The number of benzene rings is 1. The lowest BCUT2D eigenvalue weighted by atomic mass is 10.2. The molecule has 0 aromatic heterocycles. The van der Waals surface area contributed by atoms with E-state index in [0.29, 0.717) is 12.1 Å². The molecule has 1 N–H and O–H groups in total. The number of carbonyl (C=O) groups excluding carboxylic acids is 1. The van der Waals surface area contributed by atoms with Crippen molar-refractivity contribution in [2.75, 3.05) is 5.32 Å². The third-order valence-corrected chi connectivity index (χ3v) is 3.16. The van der Waals surface area contributed by atoms with E-state index < -0.39 is 0 Å². The fraction of sp³-hybridized carbons (Fsp3) is 0.364. The van der Waals surface area contributed by atoms with Crippen molar-refractivity contribution >= 4 is 27.5 Å². The van der Waals surface area contributed by atoms with Crippen LogP contribution in [0.25, 0.3) is 0 Å². The van der Waals surface area contributed by atoms with E-state index in [4.69, 9.17) is 0 Å². The molecule has 0 aliphatic rings. The lowest BCUT2D eigenvalue weighted by molar-refractivity contribution is -0.115. The Bertz CT molecular complexity index is 368. The summed E-state index contributed by atoms with van der Waals surface area (Å²) < 4.78 is 12.9.